The Morgan fingerprint density at radius 2 is 2.03 bits per heavy atom. The summed E-state index contributed by atoms with van der Waals surface area (Å²) in [5.74, 6) is 0.436. The number of ether oxygens (including phenoxy) is 2. The predicted molar refractivity (Wildman–Crippen MR) is 112 cm³/mol. The molecule has 2 amide bonds. The van der Waals surface area contributed by atoms with Gasteiger partial charge in [0.05, 0.1) is 12.5 Å². The van der Waals surface area contributed by atoms with Crippen LogP contribution in [-0.4, -0.2) is 72.4 Å². The average Bonchev–Trinajstić information content (AvgIpc) is 3.55. The Labute approximate surface area is 177 Å². The Hall–Kier alpha value is -2.32. The molecule has 3 N–H and O–H groups in total. The quantitative estimate of drug-likeness (QED) is 0.595. The third kappa shape index (κ3) is 5.86. The molecule has 8 heteroatoms. The molecular weight excluding hydrogens is 386 g/mol. The van der Waals surface area contributed by atoms with Gasteiger partial charge in [0, 0.05) is 51.9 Å². The van der Waals surface area contributed by atoms with Gasteiger partial charge in [0.1, 0.15) is 5.75 Å². The van der Waals surface area contributed by atoms with E-state index in [-0.39, 0.29) is 37.0 Å². The van der Waals surface area contributed by atoms with E-state index in [4.69, 9.17) is 15.2 Å². The zero-order chi connectivity index (χ0) is 21.7. The summed E-state index contributed by atoms with van der Waals surface area (Å²) in [5.41, 5.74) is 8.10. The van der Waals surface area contributed by atoms with Crippen LogP contribution in [0.3, 0.4) is 0 Å². The van der Waals surface area contributed by atoms with Crippen molar-refractivity contribution < 1.29 is 24.2 Å². The number of nitrogens with two attached hydrogens (primary N) is 1. The number of piperidine rings is 1. The van der Waals surface area contributed by atoms with Gasteiger partial charge in [-0.15, -0.1) is 0 Å². The summed E-state index contributed by atoms with van der Waals surface area (Å²) in [6.07, 6.45) is 2.29. The van der Waals surface area contributed by atoms with E-state index in [1.807, 2.05) is 30.0 Å². The average molecular weight is 420 g/mol. The van der Waals surface area contributed by atoms with Crippen molar-refractivity contribution in [3.8, 4) is 5.75 Å². The Balaban J connectivity index is 1.68. The first-order valence-corrected chi connectivity index (χ1v) is 10.6. The van der Waals surface area contributed by atoms with Gasteiger partial charge in [0.15, 0.2) is 0 Å². The van der Waals surface area contributed by atoms with Crippen LogP contribution in [-0.2, 0) is 16.1 Å². The van der Waals surface area contributed by atoms with E-state index >= 15 is 0 Å². The zero-order valence-corrected chi connectivity index (χ0v) is 17.9. The third-order valence-corrected chi connectivity index (χ3v) is 5.73. The fraction of sp³-hybridized carbons (Fsp3) is 0.636. The van der Waals surface area contributed by atoms with Gasteiger partial charge < -0.3 is 30.1 Å². The number of benzene rings is 1. The van der Waals surface area contributed by atoms with Gasteiger partial charge in [-0.2, -0.15) is 0 Å². The summed E-state index contributed by atoms with van der Waals surface area (Å²) in [6.45, 7) is 4.23. The standard InChI is InChI=1S/C22H33N3O5/c1-15-4-5-16(10-20(15)30-9-3-8-29-2)12-25(19-6-7-19)21(26)17-11-18(23)14-24(13-17)22(27)28/h4-5,10,17-19H,3,6-9,11-14,23H2,1-2H3,(H,27,28)/t17-,18+/m0/s1. The highest BCUT2D eigenvalue weighted by Crippen LogP contribution is 2.32. The molecule has 2 atom stereocenters. The van der Waals surface area contributed by atoms with E-state index in [1.165, 1.54) is 4.90 Å². The van der Waals surface area contributed by atoms with Gasteiger partial charge in [0.25, 0.3) is 0 Å². The summed E-state index contributed by atoms with van der Waals surface area (Å²) in [4.78, 5) is 27.9. The maximum Gasteiger partial charge on any atom is 0.407 e. The van der Waals surface area contributed by atoms with Crippen molar-refractivity contribution in [3.05, 3.63) is 29.3 Å². The van der Waals surface area contributed by atoms with Crippen molar-refractivity contribution in [2.24, 2.45) is 11.7 Å². The molecule has 2 fully saturated rings. The highest BCUT2D eigenvalue weighted by atomic mass is 16.5. The number of likely N-dealkylation sites (tertiary alicyclic amines) is 1. The first-order chi connectivity index (χ1) is 14.4. The van der Waals surface area contributed by atoms with Gasteiger partial charge in [-0.05, 0) is 43.4 Å². The SMILES string of the molecule is COCCCOc1cc(CN(C(=O)[C@H]2C[C@@H](N)CN(C(=O)O)C2)C2CC2)ccc1C. The highest BCUT2D eigenvalue weighted by Gasteiger charge is 2.39. The second-order valence-electron chi connectivity index (χ2n) is 8.37. The first kappa shape index (κ1) is 22.4. The van der Waals surface area contributed by atoms with Gasteiger partial charge in [-0.1, -0.05) is 12.1 Å². The second-order valence-corrected chi connectivity index (χ2v) is 8.37. The summed E-state index contributed by atoms with van der Waals surface area (Å²) in [5, 5.41) is 9.34. The number of aryl methyl sites for hydroxylation is 1. The van der Waals surface area contributed by atoms with Crippen molar-refractivity contribution in [1.82, 2.24) is 9.80 Å². The predicted octanol–water partition coefficient (Wildman–Crippen LogP) is 2.23. The number of carboxylic acid groups (broad SMARTS) is 1. The minimum absolute atomic E-state index is 0.00189. The van der Waals surface area contributed by atoms with Crippen LogP contribution in [0.25, 0.3) is 0 Å². The maximum atomic E-state index is 13.3. The van der Waals surface area contributed by atoms with Crippen LogP contribution >= 0.6 is 0 Å². The smallest absolute Gasteiger partial charge is 0.407 e. The fourth-order valence-corrected chi connectivity index (χ4v) is 3.96. The number of carbonyl (C=O) groups excluding carboxylic acids is 1. The molecular formula is C22H33N3O5. The highest BCUT2D eigenvalue weighted by molar-refractivity contribution is 5.80. The number of methoxy groups -OCH3 is 1. The van der Waals surface area contributed by atoms with Gasteiger partial charge in [-0.25, -0.2) is 4.79 Å². The molecule has 0 bridgehead atoms. The summed E-state index contributed by atoms with van der Waals surface area (Å²) < 4.78 is 11.0. The van der Waals surface area contributed by atoms with Crippen LogP contribution in [0, 0.1) is 12.8 Å². The number of hydrogen-bond acceptors (Lipinski definition) is 5. The Morgan fingerprint density at radius 3 is 2.70 bits per heavy atom. The van der Waals surface area contributed by atoms with E-state index in [2.05, 4.69) is 0 Å². The lowest BCUT2D eigenvalue weighted by atomic mass is 9.93. The van der Waals surface area contributed by atoms with E-state index in [9.17, 15) is 14.7 Å². The van der Waals surface area contributed by atoms with E-state index in [0.29, 0.717) is 26.2 Å². The maximum absolute atomic E-state index is 13.3. The van der Waals surface area contributed by atoms with Crippen molar-refractivity contribution in [1.29, 1.82) is 0 Å². The summed E-state index contributed by atoms with van der Waals surface area (Å²) in [6, 6.07) is 5.95. The Bertz CT molecular complexity index is 752. The van der Waals surface area contributed by atoms with Gasteiger partial charge in [0.2, 0.25) is 5.91 Å². The molecule has 3 rings (SSSR count). The lowest BCUT2D eigenvalue weighted by Crippen LogP contribution is -2.53. The van der Waals surface area contributed by atoms with Crippen LogP contribution in [0.5, 0.6) is 5.75 Å². The van der Waals surface area contributed by atoms with Crippen LogP contribution in [0.4, 0.5) is 4.79 Å². The monoisotopic (exact) mass is 419 g/mol. The lowest BCUT2D eigenvalue weighted by molar-refractivity contribution is -0.138. The molecule has 1 aliphatic heterocycles. The van der Waals surface area contributed by atoms with Crippen LogP contribution < -0.4 is 10.5 Å². The Kier molecular flexibility index (Phi) is 7.55. The molecule has 8 nitrogen and oxygen atoms in total. The molecule has 0 radical (unpaired) electrons. The van der Waals surface area contributed by atoms with Crippen LogP contribution in [0.2, 0.25) is 0 Å². The molecule has 0 aromatic heterocycles. The van der Waals surface area contributed by atoms with E-state index in [0.717, 1.165) is 36.1 Å². The molecule has 0 unspecified atom stereocenters. The number of hydrogen-bond donors (Lipinski definition) is 2. The molecule has 1 saturated carbocycles. The molecule has 2 aliphatic rings. The first-order valence-electron chi connectivity index (χ1n) is 10.6. The van der Waals surface area contributed by atoms with Crippen molar-refractivity contribution in [2.45, 2.75) is 51.2 Å². The molecule has 166 valence electrons. The van der Waals surface area contributed by atoms with Crippen LogP contribution in [0.15, 0.2) is 18.2 Å². The minimum Gasteiger partial charge on any atom is -0.493 e. The molecule has 0 spiro atoms. The molecule has 1 aliphatic carbocycles. The topological polar surface area (TPSA) is 105 Å². The zero-order valence-electron chi connectivity index (χ0n) is 17.9. The summed E-state index contributed by atoms with van der Waals surface area (Å²) >= 11 is 0. The summed E-state index contributed by atoms with van der Waals surface area (Å²) in [7, 11) is 1.67. The number of carbonyl (C=O) groups is 2. The van der Waals surface area contributed by atoms with E-state index in [1.54, 1.807) is 7.11 Å². The van der Waals surface area contributed by atoms with Gasteiger partial charge >= 0.3 is 6.09 Å². The minimum atomic E-state index is -1.02. The molecule has 1 aromatic carbocycles. The van der Waals surface area contributed by atoms with Crippen LogP contribution in [0.1, 0.15) is 36.8 Å². The number of amides is 2. The number of rotatable bonds is 9. The third-order valence-electron chi connectivity index (χ3n) is 5.73. The molecule has 1 saturated heterocycles. The van der Waals surface area contributed by atoms with Gasteiger partial charge in [-0.3, -0.25) is 4.79 Å². The lowest BCUT2D eigenvalue weighted by Gasteiger charge is -2.36. The Morgan fingerprint density at radius 1 is 1.27 bits per heavy atom. The molecule has 30 heavy (non-hydrogen) atoms. The molecule has 1 heterocycles. The second kappa shape index (κ2) is 10.1. The largest absolute Gasteiger partial charge is 0.493 e. The normalized spacial score (nSPS) is 21.4. The van der Waals surface area contributed by atoms with E-state index < -0.39 is 6.09 Å². The fourth-order valence-electron chi connectivity index (χ4n) is 3.96. The van der Waals surface area contributed by atoms with Crippen molar-refractivity contribution in [3.63, 3.8) is 0 Å². The number of nitrogens with zero attached hydrogens (tertiary/aromatic N) is 2. The molecule has 1 aromatic rings. The van der Waals surface area contributed by atoms with Crippen molar-refractivity contribution in [2.75, 3.05) is 33.4 Å². The van der Waals surface area contributed by atoms with Crippen molar-refractivity contribution >= 4 is 12.0 Å².